The average Bonchev–Trinajstić information content (AvgIpc) is 2.87. The fourth-order valence-electron chi connectivity index (χ4n) is 2.13. The van der Waals surface area contributed by atoms with Gasteiger partial charge in [-0.25, -0.2) is 4.68 Å². The smallest absolute Gasteiger partial charge is 0.322 e. The summed E-state index contributed by atoms with van der Waals surface area (Å²) in [5.74, 6) is 0. The summed E-state index contributed by atoms with van der Waals surface area (Å²) >= 11 is 0. The summed E-state index contributed by atoms with van der Waals surface area (Å²) in [6.45, 7) is 2.74. The van der Waals surface area contributed by atoms with E-state index >= 15 is 0 Å². The number of aromatic nitrogens is 3. The summed E-state index contributed by atoms with van der Waals surface area (Å²) in [4.78, 5) is 0. The maximum Gasteiger partial charge on any atom is 0.416 e. The number of benzene rings is 1. The molecule has 0 aliphatic carbocycles. The number of aryl methyl sites for hydroxylation is 1. The lowest BCUT2D eigenvalue weighted by Gasteiger charge is -2.13. The monoisotopic (exact) mass is 298 g/mol. The van der Waals surface area contributed by atoms with Crippen LogP contribution in [0.15, 0.2) is 30.5 Å². The molecule has 0 saturated heterocycles. The molecule has 0 bridgehead atoms. The van der Waals surface area contributed by atoms with Crippen LogP contribution in [0.5, 0.6) is 0 Å². The molecule has 7 heteroatoms. The van der Waals surface area contributed by atoms with Gasteiger partial charge in [-0.3, -0.25) is 0 Å². The second-order valence-corrected chi connectivity index (χ2v) is 4.89. The van der Waals surface area contributed by atoms with Gasteiger partial charge in [-0.2, -0.15) is 13.2 Å². The first kappa shape index (κ1) is 15.5. The van der Waals surface area contributed by atoms with Gasteiger partial charge >= 0.3 is 6.18 Å². The maximum atomic E-state index is 12.5. The standard InChI is InChI=1S/C14H17F3N4/c1-2-7-21-13(9-19-20-21)12(18)8-10-3-5-11(6-4-10)14(15,16)17/h3-6,9,12H,2,7-8,18H2,1H3. The van der Waals surface area contributed by atoms with Crippen LogP contribution in [0.25, 0.3) is 0 Å². The van der Waals surface area contributed by atoms with E-state index in [9.17, 15) is 13.2 Å². The fourth-order valence-corrected chi connectivity index (χ4v) is 2.13. The number of alkyl halides is 3. The van der Waals surface area contributed by atoms with Crippen molar-refractivity contribution in [1.29, 1.82) is 0 Å². The Kier molecular flexibility index (Phi) is 4.62. The highest BCUT2D eigenvalue weighted by Gasteiger charge is 2.30. The van der Waals surface area contributed by atoms with E-state index in [1.54, 1.807) is 10.9 Å². The van der Waals surface area contributed by atoms with Crippen LogP contribution in [0.4, 0.5) is 13.2 Å². The van der Waals surface area contributed by atoms with Crippen LogP contribution in [0.1, 0.15) is 36.2 Å². The van der Waals surface area contributed by atoms with Gasteiger partial charge in [-0.15, -0.1) is 5.10 Å². The van der Waals surface area contributed by atoms with E-state index in [1.165, 1.54) is 12.1 Å². The summed E-state index contributed by atoms with van der Waals surface area (Å²) in [7, 11) is 0. The molecule has 0 spiro atoms. The number of rotatable bonds is 5. The van der Waals surface area contributed by atoms with Gasteiger partial charge in [0.15, 0.2) is 0 Å². The van der Waals surface area contributed by atoms with Crippen molar-refractivity contribution in [3.8, 4) is 0 Å². The lowest BCUT2D eigenvalue weighted by molar-refractivity contribution is -0.137. The number of hydrogen-bond acceptors (Lipinski definition) is 3. The van der Waals surface area contributed by atoms with Crippen LogP contribution < -0.4 is 5.73 Å². The van der Waals surface area contributed by atoms with E-state index in [1.807, 2.05) is 6.92 Å². The molecule has 4 nitrogen and oxygen atoms in total. The van der Waals surface area contributed by atoms with Gasteiger partial charge in [0, 0.05) is 6.54 Å². The van der Waals surface area contributed by atoms with Crippen molar-refractivity contribution < 1.29 is 13.2 Å². The van der Waals surface area contributed by atoms with Crippen LogP contribution in [-0.4, -0.2) is 15.0 Å². The third-order valence-electron chi connectivity index (χ3n) is 3.20. The number of hydrogen-bond donors (Lipinski definition) is 1. The molecule has 2 N–H and O–H groups in total. The molecule has 1 aromatic heterocycles. The Morgan fingerprint density at radius 2 is 1.90 bits per heavy atom. The summed E-state index contributed by atoms with van der Waals surface area (Å²) in [6.07, 6.45) is -1.37. The molecule has 0 fully saturated rings. The molecule has 21 heavy (non-hydrogen) atoms. The number of nitrogens with two attached hydrogens (primary N) is 1. The van der Waals surface area contributed by atoms with Crippen molar-refractivity contribution in [3.05, 3.63) is 47.3 Å². The van der Waals surface area contributed by atoms with E-state index in [0.29, 0.717) is 6.42 Å². The van der Waals surface area contributed by atoms with Crippen molar-refractivity contribution in [1.82, 2.24) is 15.0 Å². The van der Waals surface area contributed by atoms with E-state index in [-0.39, 0.29) is 6.04 Å². The minimum atomic E-state index is -4.32. The Labute approximate surface area is 120 Å². The molecule has 0 radical (unpaired) electrons. The van der Waals surface area contributed by atoms with Crippen LogP contribution in [0.2, 0.25) is 0 Å². The molecule has 1 atom stereocenters. The summed E-state index contributed by atoms with van der Waals surface area (Å²) in [5, 5.41) is 7.79. The number of halogens is 3. The zero-order valence-corrected chi connectivity index (χ0v) is 11.6. The Morgan fingerprint density at radius 3 is 2.48 bits per heavy atom. The Hall–Kier alpha value is -1.89. The van der Waals surface area contributed by atoms with Crippen molar-refractivity contribution >= 4 is 0 Å². The quantitative estimate of drug-likeness (QED) is 0.923. The third-order valence-corrected chi connectivity index (χ3v) is 3.20. The van der Waals surface area contributed by atoms with Crippen molar-refractivity contribution in [2.45, 2.75) is 38.5 Å². The molecular weight excluding hydrogens is 281 g/mol. The second kappa shape index (κ2) is 6.26. The summed E-state index contributed by atoms with van der Waals surface area (Å²) < 4.78 is 39.2. The van der Waals surface area contributed by atoms with Gasteiger partial charge in [0.2, 0.25) is 0 Å². The molecule has 2 rings (SSSR count). The lowest BCUT2D eigenvalue weighted by Crippen LogP contribution is -2.18. The predicted molar refractivity (Wildman–Crippen MR) is 72.4 cm³/mol. The van der Waals surface area contributed by atoms with Crippen molar-refractivity contribution in [3.63, 3.8) is 0 Å². The minimum Gasteiger partial charge on any atom is -0.322 e. The SMILES string of the molecule is CCCn1nncc1C(N)Cc1ccc(C(F)(F)F)cc1. The zero-order chi connectivity index (χ0) is 15.5. The van der Waals surface area contributed by atoms with Crippen molar-refractivity contribution in [2.24, 2.45) is 5.73 Å². The Balaban J connectivity index is 2.09. The summed E-state index contributed by atoms with van der Waals surface area (Å²) in [5.41, 5.74) is 6.99. The Bertz CT molecular complexity index is 575. The van der Waals surface area contributed by atoms with Gasteiger partial charge in [-0.1, -0.05) is 24.3 Å². The highest BCUT2D eigenvalue weighted by atomic mass is 19.4. The van der Waals surface area contributed by atoms with Gasteiger partial charge < -0.3 is 5.73 Å². The van der Waals surface area contributed by atoms with E-state index < -0.39 is 11.7 Å². The number of nitrogens with zero attached hydrogens (tertiary/aromatic N) is 3. The fraction of sp³-hybridized carbons (Fsp3) is 0.429. The largest absolute Gasteiger partial charge is 0.416 e. The molecule has 0 aliphatic heterocycles. The van der Waals surface area contributed by atoms with Crippen LogP contribution >= 0.6 is 0 Å². The zero-order valence-electron chi connectivity index (χ0n) is 11.6. The molecule has 0 amide bonds. The first-order valence-electron chi connectivity index (χ1n) is 6.72. The van der Waals surface area contributed by atoms with Gasteiger partial charge in [0.25, 0.3) is 0 Å². The topological polar surface area (TPSA) is 56.7 Å². The van der Waals surface area contributed by atoms with E-state index in [4.69, 9.17) is 5.73 Å². The second-order valence-electron chi connectivity index (χ2n) is 4.89. The molecule has 0 aliphatic rings. The lowest BCUT2D eigenvalue weighted by atomic mass is 10.0. The highest BCUT2D eigenvalue weighted by Crippen LogP contribution is 2.29. The van der Waals surface area contributed by atoms with E-state index in [2.05, 4.69) is 10.3 Å². The molecule has 1 heterocycles. The van der Waals surface area contributed by atoms with Gasteiger partial charge in [0.1, 0.15) is 0 Å². The molecule has 2 aromatic rings. The summed E-state index contributed by atoms with van der Waals surface area (Å²) in [6, 6.07) is 4.71. The Morgan fingerprint density at radius 1 is 1.24 bits per heavy atom. The molecule has 1 aromatic carbocycles. The van der Waals surface area contributed by atoms with Gasteiger partial charge in [-0.05, 0) is 30.5 Å². The first-order valence-corrected chi connectivity index (χ1v) is 6.72. The molecule has 114 valence electrons. The normalized spacial score (nSPS) is 13.4. The average molecular weight is 298 g/mol. The van der Waals surface area contributed by atoms with Crippen LogP contribution in [0.3, 0.4) is 0 Å². The molecular formula is C14H17F3N4. The third kappa shape index (κ3) is 3.81. The predicted octanol–water partition coefficient (Wildman–Crippen LogP) is 2.95. The minimum absolute atomic E-state index is 0.344. The molecule has 0 saturated carbocycles. The maximum absolute atomic E-state index is 12.5. The van der Waals surface area contributed by atoms with Crippen LogP contribution in [0, 0.1) is 0 Å². The highest BCUT2D eigenvalue weighted by molar-refractivity contribution is 5.26. The van der Waals surface area contributed by atoms with E-state index in [0.717, 1.165) is 36.4 Å². The van der Waals surface area contributed by atoms with Crippen molar-refractivity contribution in [2.75, 3.05) is 0 Å². The first-order chi connectivity index (χ1) is 9.91. The van der Waals surface area contributed by atoms with Gasteiger partial charge in [0.05, 0.1) is 23.5 Å². The molecule has 1 unspecified atom stereocenters. The van der Waals surface area contributed by atoms with Crippen LogP contribution in [-0.2, 0) is 19.1 Å².